The molecule has 1 aromatic carbocycles. The third kappa shape index (κ3) is 10.6. The summed E-state index contributed by atoms with van der Waals surface area (Å²) < 4.78 is 5.51. The molecule has 0 bridgehead atoms. The zero-order valence-electron chi connectivity index (χ0n) is 19.6. The van der Waals surface area contributed by atoms with Crippen molar-refractivity contribution in [3.63, 3.8) is 0 Å². The van der Waals surface area contributed by atoms with Crippen LogP contribution >= 0.6 is 0 Å². The van der Waals surface area contributed by atoms with Gasteiger partial charge in [-0.15, -0.1) is 0 Å². The van der Waals surface area contributed by atoms with Crippen molar-refractivity contribution >= 4 is 12.2 Å². The lowest BCUT2D eigenvalue weighted by molar-refractivity contribution is -0.146. The van der Waals surface area contributed by atoms with Gasteiger partial charge in [-0.2, -0.15) is 0 Å². The van der Waals surface area contributed by atoms with Gasteiger partial charge in [-0.3, -0.25) is 4.99 Å². The van der Waals surface area contributed by atoms with Gasteiger partial charge in [0.2, 0.25) is 0 Å². The van der Waals surface area contributed by atoms with Crippen LogP contribution < -0.4 is 0 Å². The second-order valence-electron chi connectivity index (χ2n) is 9.00. The number of carbonyl (C=O) groups is 1. The number of esters is 1. The molecule has 0 saturated heterocycles. The first-order chi connectivity index (χ1) is 13.8. The van der Waals surface area contributed by atoms with Gasteiger partial charge in [-0.25, -0.2) is 4.79 Å². The van der Waals surface area contributed by atoms with Crippen LogP contribution in [0.5, 0.6) is 0 Å². The van der Waals surface area contributed by atoms with E-state index in [9.17, 15) is 4.79 Å². The molecule has 0 spiro atoms. The monoisotopic (exact) mass is 401 g/mol. The SMILES string of the molecule is CCCCCCCCOC(=O)C(N=CC(C)Cc1ccc(C(C)C)cc1)C(C)C. The Morgan fingerprint density at radius 1 is 0.966 bits per heavy atom. The number of unbranched alkanes of at least 4 members (excludes halogenated alkanes) is 5. The minimum Gasteiger partial charge on any atom is -0.464 e. The Labute approximate surface area is 179 Å². The molecule has 0 saturated carbocycles. The number of carbonyl (C=O) groups excluding carboxylic acids is 1. The molecule has 29 heavy (non-hydrogen) atoms. The summed E-state index contributed by atoms with van der Waals surface area (Å²) in [4.78, 5) is 17.1. The fourth-order valence-electron chi connectivity index (χ4n) is 3.35. The van der Waals surface area contributed by atoms with Crippen LogP contribution in [0.3, 0.4) is 0 Å². The van der Waals surface area contributed by atoms with Gasteiger partial charge in [0, 0.05) is 6.21 Å². The lowest BCUT2D eigenvalue weighted by Gasteiger charge is -2.16. The third-order valence-corrected chi connectivity index (χ3v) is 5.32. The highest BCUT2D eigenvalue weighted by Crippen LogP contribution is 2.17. The molecule has 0 fully saturated rings. The lowest BCUT2D eigenvalue weighted by Crippen LogP contribution is -2.27. The summed E-state index contributed by atoms with van der Waals surface area (Å²) in [6, 6.07) is 8.42. The van der Waals surface area contributed by atoms with Gasteiger partial charge in [0.15, 0.2) is 0 Å². The molecule has 0 amide bonds. The molecule has 1 rings (SSSR count). The Balaban J connectivity index is 2.45. The number of hydrogen-bond donors (Lipinski definition) is 0. The predicted molar refractivity (Wildman–Crippen MR) is 125 cm³/mol. The van der Waals surface area contributed by atoms with E-state index in [1.807, 2.05) is 20.1 Å². The highest BCUT2D eigenvalue weighted by atomic mass is 16.5. The van der Waals surface area contributed by atoms with Crippen LogP contribution in [0.15, 0.2) is 29.3 Å². The van der Waals surface area contributed by atoms with Crippen LogP contribution in [0.2, 0.25) is 0 Å². The smallest absolute Gasteiger partial charge is 0.331 e. The molecule has 0 aliphatic carbocycles. The first-order valence-corrected chi connectivity index (χ1v) is 11.6. The summed E-state index contributed by atoms with van der Waals surface area (Å²) in [5.74, 6) is 0.795. The molecule has 0 heterocycles. The minimum atomic E-state index is -0.402. The summed E-state index contributed by atoms with van der Waals surface area (Å²) in [6.45, 7) is 13.4. The maximum Gasteiger partial charge on any atom is 0.331 e. The van der Waals surface area contributed by atoms with E-state index < -0.39 is 6.04 Å². The molecule has 2 atom stereocenters. The van der Waals surface area contributed by atoms with Gasteiger partial charge in [0.1, 0.15) is 6.04 Å². The quantitative estimate of drug-likeness (QED) is 0.191. The maximum absolute atomic E-state index is 12.5. The van der Waals surface area contributed by atoms with E-state index in [0.29, 0.717) is 12.5 Å². The van der Waals surface area contributed by atoms with Gasteiger partial charge < -0.3 is 4.74 Å². The van der Waals surface area contributed by atoms with Crippen LogP contribution in [0, 0.1) is 11.8 Å². The first kappa shape index (κ1) is 25.4. The highest BCUT2D eigenvalue weighted by molar-refractivity contribution is 5.78. The summed E-state index contributed by atoms with van der Waals surface area (Å²) >= 11 is 0. The third-order valence-electron chi connectivity index (χ3n) is 5.32. The van der Waals surface area contributed by atoms with Gasteiger partial charge in [0.05, 0.1) is 6.61 Å². The molecule has 0 N–H and O–H groups in total. The van der Waals surface area contributed by atoms with Gasteiger partial charge in [0.25, 0.3) is 0 Å². The second-order valence-corrected chi connectivity index (χ2v) is 9.00. The van der Waals surface area contributed by atoms with Gasteiger partial charge in [-0.1, -0.05) is 97.9 Å². The Hall–Kier alpha value is -1.64. The standard InChI is InChI=1S/C26H43NO2/c1-7-8-9-10-11-12-17-29-26(28)25(21(4)5)27-19-22(6)18-23-13-15-24(16-14-23)20(2)3/h13-16,19-22,25H,7-12,17-18H2,1-6H3. The van der Waals surface area contributed by atoms with Crippen molar-refractivity contribution in [1.29, 1.82) is 0 Å². The van der Waals surface area contributed by atoms with E-state index in [1.54, 1.807) is 0 Å². The molecular formula is C26H43NO2. The molecule has 2 unspecified atom stereocenters. The molecule has 0 aliphatic rings. The predicted octanol–water partition coefficient (Wildman–Crippen LogP) is 6.99. The molecule has 164 valence electrons. The van der Waals surface area contributed by atoms with E-state index >= 15 is 0 Å². The summed E-state index contributed by atoms with van der Waals surface area (Å²) in [5.41, 5.74) is 2.67. The Kier molecular flexibility index (Phi) is 12.6. The number of hydrogen-bond acceptors (Lipinski definition) is 3. The van der Waals surface area contributed by atoms with E-state index in [1.165, 1.54) is 36.8 Å². The molecule has 0 aliphatic heterocycles. The van der Waals surface area contributed by atoms with Crippen molar-refractivity contribution in [2.24, 2.45) is 16.8 Å². The van der Waals surface area contributed by atoms with Gasteiger partial charge in [-0.05, 0) is 41.7 Å². The van der Waals surface area contributed by atoms with Crippen LogP contribution in [-0.4, -0.2) is 24.8 Å². The topological polar surface area (TPSA) is 38.7 Å². The van der Waals surface area contributed by atoms with Crippen LogP contribution in [0.4, 0.5) is 0 Å². The maximum atomic E-state index is 12.5. The Morgan fingerprint density at radius 3 is 2.17 bits per heavy atom. The fraction of sp³-hybridized carbons (Fsp3) is 0.692. The largest absolute Gasteiger partial charge is 0.464 e. The van der Waals surface area contributed by atoms with E-state index in [-0.39, 0.29) is 17.8 Å². The second kappa shape index (κ2) is 14.4. The number of aliphatic imine (C=N–C) groups is 1. The normalized spacial score (nSPS) is 13.9. The van der Waals surface area contributed by atoms with Crippen LogP contribution in [0.1, 0.15) is 97.1 Å². The van der Waals surface area contributed by atoms with E-state index in [2.05, 4.69) is 57.0 Å². The van der Waals surface area contributed by atoms with Crippen LogP contribution in [0.25, 0.3) is 0 Å². The Morgan fingerprint density at radius 2 is 1.59 bits per heavy atom. The molecule has 3 nitrogen and oxygen atoms in total. The van der Waals surface area contributed by atoms with Crippen molar-refractivity contribution in [2.45, 2.75) is 98.4 Å². The van der Waals surface area contributed by atoms with Crippen molar-refractivity contribution in [3.8, 4) is 0 Å². The van der Waals surface area contributed by atoms with Crippen molar-refractivity contribution in [3.05, 3.63) is 35.4 Å². The van der Waals surface area contributed by atoms with Crippen LogP contribution in [-0.2, 0) is 16.0 Å². The molecule has 0 aromatic heterocycles. The number of nitrogens with zero attached hydrogens (tertiary/aromatic N) is 1. The van der Waals surface area contributed by atoms with E-state index in [4.69, 9.17) is 4.74 Å². The summed E-state index contributed by atoms with van der Waals surface area (Å²) in [7, 11) is 0. The number of rotatable bonds is 14. The average Bonchev–Trinajstić information content (AvgIpc) is 2.67. The number of ether oxygens (including phenoxy) is 1. The highest BCUT2D eigenvalue weighted by Gasteiger charge is 2.22. The molecule has 0 radical (unpaired) electrons. The zero-order valence-corrected chi connectivity index (χ0v) is 19.6. The van der Waals surface area contributed by atoms with Crippen molar-refractivity contribution in [1.82, 2.24) is 0 Å². The summed E-state index contributed by atoms with van der Waals surface area (Å²) in [6.07, 6.45) is 10.0. The van der Waals surface area contributed by atoms with E-state index in [0.717, 1.165) is 19.3 Å². The van der Waals surface area contributed by atoms with Crippen molar-refractivity contribution in [2.75, 3.05) is 6.61 Å². The lowest BCUT2D eigenvalue weighted by atomic mass is 9.97. The molecule has 1 aromatic rings. The minimum absolute atomic E-state index is 0.140. The van der Waals surface area contributed by atoms with Crippen molar-refractivity contribution < 1.29 is 9.53 Å². The molecular weight excluding hydrogens is 358 g/mol. The zero-order chi connectivity index (χ0) is 21.6. The number of benzene rings is 1. The first-order valence-electron chi connectivity index (χ1n) is 11.6. The van der Waals surface area contributed by atoms with Gasteiger partial charge >= 0.3 is 5.97 Å². The summed E-state index contributed by atoms with van der Waals surface area (Å²) in [5, 5.41) is 0. The molecule has 3 heteroatoms. The fourth-order valence-corrected chi connectivity index (χ4v) is 3.35. The Bertz CT molecular complexity index is 589. The average molecular weight is 402 g/mol.